The summed E-state index contributed by atoms with van der Waals surface area (Å²) in [5.74, 6) is 0.0863. The van der Waals surface area contributed by atoms with Crippen molar-refractivity contribution in [3.05, 3.63) is 63.1 Å². The maximum Gasteiger partial charge on any atom is 0.220 e. The van der Waals surface area contributed by atoms with E-state index in [2.05, 4.69) is 21.7 Å². The third kappa shape index (κ3) is 4.92. The third-order valence-electron chi connectivity index (χ3n) is 5.29. The molecule has 3 heterocycles. The Morgan fingerprint density at radius 1 is 1.17 bits per heavy atom. The molecule has 5 nitrogen and oxygen atoms in total. The number of aromatic nitrogens is 1. The quantitative estimate of drug-likeness (QED) is 0.569. The Morgan fingerprint density at radius 3 is 2.76 bits per heavy atom. The van der Waals surface area contributed by atoms with Gasteiger partial charge in [0.1, 0.15) is 0 Å². The van der Waals surface area contributed by atoms with E-state index in [1.165, 1.54) is 4.88 Å². The molecule has 7 heteroatoms. The van der Waals surface area contributed by atoms with Crippen molar-refractivity contribution in [2.75, 3.05) is 0 Å². The fourth-order valence-electron chi connectivity index (χ4n) is 3.78. The van der Waals surface area contributed by atoms with Crippen LogP contribution in [0.25, 0.3) is 11.3 Å². The van der Waals surface area contributed by atoms with Gasteiger partial charge in [0.05, 0.1) is 22.6 Å². The van der Waals surface area contributed by atoms with Crippen molar-refractivity contribution in [1.82, 2.24) is 15.6 Å². The van der Waals surface area contributed by atoms with Crippen LogP contribution in [-0.2, 0) is 22.6 Å². The number of hydrogen-bond acceptors (Lipinski definition) is 5. The largest absolute Gasteiger partial charge is 0.351 e. The zero-order valence-corrected chi connectivity index (χ0v) is 17.7. The monoisotopic (exact) mass is 425 g/mol. The molecular formula is C22H23N3O2S2. The maximum atomic E-state index is 12.5. The summed E-state index contributed by atoms with van der Waals surface area (Å²) in [5, 5.41) is 8.22. The number of nitrogens with one attached hydrogen (secondary N) is 2. The Labute approximate surface area is 178 Å². The van der Waals surface area contributed by atoms with Crippen LogP contribution in [0.15, 0.2) is 53.4 Å². The average molecular weight is 426 g/mol. The van der Waals surface area contributed by atoms with Gasteiger partial charge < -0.3 is 10.6 Å². The van der Waals surface area contributed by atoms with Crippen molar-refractivity contribution < 1.29 is 9.59 Å². The molecule has 150 valence electrons. The summed E-state index contributed by atoms with van der Waals surface area (Å²) in [5.41, 5.74) is 3.49. The van der Waals surface area contributed by atoms with Crippen molar-refractivity contribution in [2.45, 2.75) is 44.2 Å². The smallest absolute Gasteiger partial charge is 0.220 e. The van der Waals surface area contributed by atoms with Gasteiger partial charge in [-0.25, -0.2) is 4.98 Å². The second kappa shape index (κ2) is 8.88. The van der Waals surface area contributed by atoms with Crippen molar-refractivity contribution in [2.24, 2.45) is 0 Å². The van der Waals surface area contributed by atoms with Crippen LogP contribution < -0.4 is 10.6 Å². The summed E-state index contributed by atoms with van der Waals surface area (Å²) < 4.78 is 0. The van der Waals surface area contributed by atoms with Crippen LogP contribution in [0.1, 0.15) is 35.4 Å². The molecule has 1 atom stereocenters. The standard InChI is InChI=1S/C22H23N3O2S2/c26-19(23-14-18-21(24-15-29-18)16-5-2-1-3-6-16)8-10-22(11-9-20(27)25-22)13-17-7-4-12-28-17/h1-7,12,15H,8-11,13-14H2,(H,23,26)(H,25,27)/t22-/m0/s1. The predicted octanol–water partition coefficient (Wildman–Crippen LogP) is 4.16. The van der Waals surface area contributed by atoms with Crippen LogP contribution in [0.5, 0.6) is 0 Å². The molecule has 1 aromatic carbocycles. The lowest BCUT2D eigenvalue weighted by Crippen LogP contribution is -2.44. The van der Waals surface area contributed by atoms with Gasteiger partial charge in [0.2, 0.25) is 11.8 Å². The lowest BCUT2D eigenvalue weighted by atomic mass is 9.87. The highest BCUT2D eigenvalue weighted by molar-refractivity contribution is 7.10. The molecule has 3 aromatic rings. The van der Waals surface area contributed by atoms with Crippen LogP contribution in [0.3, 0.4) is 0 Å². The van der Waals surface area contributed by atoms with Crippen LogP contribution in [0, 0.1) is 0 Å². The third-order valence-corrected chi connectivity index (χ3v) is 7.00. The van der Waals surface area contributed by atoms with E-state index in [9.17, 15) is 9.59 Å². The van der Waals surface area contributed by atoms with Crippen molar-refractivity contribution >= 4 is 34.5 Å². The Kier molecular flexibility index (Phi) is 6.06. The lowest BCUT2D eigenvalue weighted by Gasteiger charge is -2.28. The second-order valence-electron chi connectivity index (χ2n) is 7.35. The normalized spacial score (nSPS) is 18.6. The highest BCUT2D eigenvalue weighted by Gasteiger charge is 2.38. The number of thiazole rings is 1. The SMILES string of the molecule is O=C(CC[C@@]1(Cc2cccs2)CCC(=O)N1)NCc1scnc1-c1ccccc1. The molecule has 1 aliphatic rings. The fraction of sp³-hybridized carbons (Fsp3) is 0.318. The first-order valence-electron chi connectivity index (χ1n) is 9.71. The summed E-state index contributed by atoms with van der Waals surface area (Å²) in [6.07, 6.45) is 3.15. The summed E-state index contributed by atoms with van der Waals surface area (Å²) in [6.45, 7) is 0.470. The van der Waals surface area contributed by atoms with E-state index in [1.807, 2.05) is 47.3 Å². The molecule has 0 unspecified atom stereocenters. The second-order valence-corrected chi connectivity index (χ2v) is 9.32. The van der Waals surface area contributed by atoms with Gasteiger partial charge in [0.25, 0.3) is 0 Å². The van der Waals surface area contributed by atoms with Crippen molar-refractivity contribution in [3.8, 4) is 11.3 Å². The molecule has 0 radical (unpaired) electrons. The maximum absolute atomic E-state index is 12.5. The first kappa shape index (κ1) is 19.8. The van der Waals surface area contributed by atoms with E-state index in [0.717, 1.165) is 29.0 Å². The van der Waals surface area contributed by atoms with Gasteiger partial charge in [-0.2, -0.15) is 0 Å². The Hall–Kier alpha value is -2.51. The number of rotatable bonds is 8. The Bertz CT molecular complexity index is 969. The van der Waals surface area contributed by atoms with E-state index in [4.69, 9.17) is 0 Å². The van der Waals surface area contributed by atoms with Gasteiger partial charge in [0.15, 0.2) is 0 Å². The number of thiophene rings is 1. The molecule has 2 amide bonds. The average Bonchev–Trinajstić information content (AvgIpc) is 3.48. The van der Waals surface area contributed by atoms with E-state index in [-0.39, 0.29) is 17.4 Å². The number of nitrogens with zero attached hydrogens (tertiary/aromatic N) is 1. The van der Waals surface area contributed by atoms with Gasteiger partial charge in [-0.05, 0) is 24.3 Å². The molecule has 0 bridgehead atoms. The number of amides is 2. The van der Waals surface area contributed by atoms with E-state index >= 15 is 0 Å². The van der Waals surface area contributed by atoms with Crippen molar-refractivity contribution in [1.29, 1.82) is 0 Å². The number of carbonyl (C=O) groups excluding carboxylic acids is 2. The minimum atomic E-state index is -0.307. The number of carbonyl (C=O) groups is 2. The molecule has 1 fully saturated rings. The molecule has 0 saturated carbocycles. The molecule has 29 heavy (non-hydrogen) atoms. The zero-order valence-electron chi connectivity index (χ0n) is 16.0. The van der Waals surface area contributed by atoms with Crippen LogP contribution in [0.2, 0.25) is 0 Å². The van der Waals surface area contributed by atoms with Gasteiger partial charge in [0, 0.05) is 35.2 Å². The van der Waals surface area contributed by atoms with E-state index in [1.54, 1.807) is 22.7 Å². The molecule has 2 aromatic heterocycles. The van der Waals surface area contributed by atoms with Crippen LogP contribution in [-0.4, -0.2) is 22.3 Å². The first-order chi connectivity index (χ1) is 14.1. The zero-order chi connectivity index (χ0) is 20.1. The summed E-state index contributed by atoms with van der Waals surface area (Å²) >= 11 is 3.25. The summed E-state index contributed by atoms with van der Waals surface area (Å²) in [7, 11) is 0. The molecule has 1 aliphatic heterocycles. The van der Waals surface area contributed by atoms with E-state index < -0.39 is 0 Å². The minimum absolute atomic E-state index is 0.00381. The van der Waals surface area contributed by atoms with Gasteiger partial charge in [-0.15, -0.1) is 22.7 Å². The predicted molar refractivity (Wildman–Crippen MR) is 117 cm³/mol. The highest BCUT2D eigenvalue weighted by atomic mass is 32.1. The molecule has 0 spiro atoms. The highest BCUT2D eigenvalue weighted by Crippen LogP contribution is 2.31. The molecular weight excluding hydrogens is 402 g/mol. The summed E-state index contributed by atoms with van der Waals surface area (Å²) in [4.78, 5) is 31.1. The molecule has 1 saturated heterocycles. The van der Waals surface area contributed by atoms with Crippen LogP contribution in [0.4, 0.5) is 0 Å². The van der Waals surface area contributed by atoms with Crippen LogP contribution >= 0.6 is 22.7 Å². The van der Waals surface area contributed by atoms with Crippen molar-refractivity contribution in [3.63, 3.8) is 0 Å². The molecule has 4 rings (SSSR count). The number of hydrogen-bond donors (Lipinski definition) is 2. The topological polar surface area (TPSA) is 71.1 Å². The van der Waals surface area contributed by atoms with Gasteiger partial charge in [-0.3, -0.25) is 9.59 Å². The number of benzene rings is 1. The van der Waals surface area contributed by atoms with Gasteiger partial charge >= 0.3 is 0 Å². The van der Waals surface area contributed by atoms with E-state index in [0.29, 0.717) is 25.8 Å². The first-order valence-corrected chi connectivity index (χ1v) is 11.5. The lowest BCUT2D eigenvalue weighted by molar-refractivity contribution is -0.122. The van der Waals surface area contributed by atoms with Gasteiger partial charge in [-0.1, -0.05) is 36.4 Å². The fourth-order valence-corrected chi connectivity index (χ4v) is 5.35. The molecule has 0 aliphatic carbocycles. The minimum Gasteiger partial charge on any atom is -0.351 e. The Balaban J connectivity index is 1.34. The molecule has 2 N–H and O–H groups in total. The summed E-state index contributed by atoms with van der Waals surface area (Å²) in [6, 6.07) is 14.1. The Morgan fingerprint density at radius 2 is 2.03 bits per heavy atom.